The third-order valence-electron chi connectivity index (χ3n) is 5.55. The van der Waals surface area contributed by atoms with Crippen LogP contribution >= 0.6 is 0 Å². The normalized spacial score (nSPS) is 11.3. The molecule has 2 aromatic heterocycles. The molecule has 2 heterocycles. The van der Waals surface area contributed by atoms with Crippen molar-refractivity contribution in [2.24, 2.45) is 14.1 Å². The van der Waals surface area contributed by atoms with Gasteiger partial charge in [0.05, 0.1) is 31.9 Å². The molecular formula is C22H16N6O4. The molecule has 0 radical (unpaired) electrons. The van der Waals surface area contributed by atoms with Crippen LogP contribution in [-0.2, 0) is 14.1 Å². The number of nitrogens with zero attached hydrogens (tertiary/aromatic N) is 6. The van der Waals surface area contributed by atoms with Crippen LogP contribution in [0.3, 0.4) is 0 Å². The highest BCUT2D eigenvalue weighted by Gasteiger charge is 2.16. The largest absolute Gasteiger partial charge is 0.327 e. The number of hydrogen-bond acceptors (Lipinski definition) is 6. The molecule has 5 aromatic rings. The molecule has 0 aliphatic heterocycles. The first-order valence-corrected chi connectivity index (χ1v) is 9.66. The van der Waals surface area contributed by atoms with E-state index in [2.05, 4.69) is 9.97 Å². The van der Waals surface area contributed by atoms with Gasteiger partial charge in [-0.2, -0.15) is 0 Å². The van der Waals surface area contributed by atoms with E-state index < -0.39 is 9.85 Å². The Morgan fingerprint density at radius 3 is 1.75 bits per heavy atom. The van der Waals surface area contributed by atoms with Crippen molar-refractivity contribution in [2.45, 2.75) is 0 Å². The second-order valence-corrected chi connectivity index (χ2v) is 7.43. The Bertz CT molecular complexity index is 1530. The predicted octanol–water partition coefficient (Wildman–Crippen LogP) is 4.61. The van der Waals surface area contributed by atoms with Crippen molar-refractivity contribution in [1.29, 1.82) is 0 Å². The van der Waals surface area contributed by atoms with Crippen LogP contribution in [0.25, 0.3) is 44.8 Å². The maximum atomic E-state index is 11.1. The summed E-state index contributed by atoms with van der Waals surface area (Å²) in [5, 5.41) is 22.1. The Kier molecular flexibility index (Phi) is 4.22. The van der Waals surface area contributed by atoms with Gasteiger partial charge in [-0.25, -0.2) is 9.97 Å². The smallest absolute Gasteiger partial charge is 0.271 e. The fourth-order valence-corrected chi connectivity index (χ4v) is 3.88. The van der Waals surface area contributed by atoms with Crippen molar-refractivity contribution >= 4 is 33.4 Å². The van der Waals surface area contributed by atoms with E-state index in [0.717, 1.165) is 16.6 Å². The number of benzene rings is 3. The quantitative estimate of drug-likeness (QED) is 0.304. The molecule has 0 saturated heterocycles. The third kappa shape index (κ3) is 2.97. The van der Waals surface area contributed by atoms with Gasteiger partial charge in [0.15, 0.2) is 0 Å². The van der Waals surface area contributed by atoms with Crippen LogP contribution in [0.5, 0.6) is 0 Å². The highest BCUT2D eigenvalue weighted by molar-refractivity contribution is 5.84. The van der Waals surface area contributed by atoms with Crippen molar-refractivity contribution in [3.8, 4) is 22.8 Å². The number of aromatic nitrogens is 4. The summed E-state index contributed by atoms with van der Waals surface area (Å²) in [5.41, 5.74) is 4.42. The lowest BCUT2D eigenvalue weighted by atomic mass is 10.1. The summed E-state index contributed by atoms with van der Waals surface area (Å²) in [6.07, 6.45) is 0. The number of nitro groups is 2. The number of nitro benzene ring substituents is 2. The van der Waals surface area contributed by atoms with Crippen LogP contribution in [-0.4, -0.2) is 28.9 Å². The molecule has 158 valence electrons. The monoisotopic (exact) mass is 428 g/mol. The molecule has 0 unspecified atom stereocenters. The summed E-state index contributed by atoms with van der Waals surface area (Å²) in [6.45, 7) is 0. The van der Waals surface area contributed by atoms with Crippen molar-refractivity contribution in [2.75, 3.05) is 0 Å². The molecule has 0 saturated carbocycles. The first-order chi connectivity index (χ1) is 15.3. The molecule has 0 aliphatic rings. The lowest BCUT2D eigenvalue weighted by molar-refractivity contribution is -0.384. The lowest BCUT2D eigenvalue weighted by Crippen LogP contribution is -1.95. The van der Waals surface area contributed by atoms with Gasteiger partial charge >= 0.3 is 0 Å². The summed E-state index contributed by atoms with van der Waals surface area (Å²) in [7, 11) is 3.68. The molecule has 0 aliphatic carbocycles. The molecule has 10 heteroatoms. The van der Waals surface area contributed by atoms with E-state index in [1.54, 1.807) is 12.1 Å². The van der Waals surface area contributed by atoms with Gasteiger partial charge in [0, 0.05) is 49.5 Å². The molecule has 0 spiro atoms. The molecule has 0 amide bonds. The molecule has 10 nitrogen and oxygen atoms in total. The number of imidazole rings is 2. The predicted molar refractivity (Wildman–Crippen MR) is 119 cm³/mol. The number of hydrogen-bond donors (Lipinski definition) is 0. The third-order valence-corrected chi connectivity index (χ3v) is 5.55. The summed E-state index contributed by atoms with van der Waals surface area (Å²) in [6, 6.07) is 16.9. The highest BCUT2D eigenvalue weighted by atomic mass is 16.6. The SMILES string of the molecule is Cn1c(-c2ccc(-c3nc4ccc([N+](=O)[O-])cc4n3C)cc2)nc2cc([N+](=O)[O-])ccc21. The maximum absolute atomic E-state index is 11.1. The van der Waals surface area contributed by atoms with Crippen LogP contribution in [0.4, 0.5) is 11.4 Å². The van der Waals surface area contributed by atoms with Crippen molar-refractivity contribution in [3.05, 3.63) is 80.9 Å². The van der Waals surface area contributed by atoms with Crippen LogP contribution < -0.4 is 0 Å². The Labute approximate surface area is 180 Å². The molecule has 0 N–H and O–H groups in total. The summed E-state index contributed by atoms with van der Waals surface area (Å²) >= 11 is 0. The Hall–Kier alpha value is -4.60. The first kappa shape index (κ1) is 19.4. The molecule has 0 atom stereocenters. The number of aryl methyl sites for hydroxylation is 2. The van der Waals surface area contributed by atoms with E-state index in [9.17, 15) is 20.2 Å². The minimum absolute atomic E-state index is 0.000386. The molecule has 32 heavy (non-hydrogen) atoms. The molecule has 5 rings (SSSR count). The zero-order valence-corrected chi connectivity index (χ0v) is 17.1. The van der Waals surface area contributed by atoms with Gasteiger partial charge in [-0.1, -0.05) is 24.3 Å². The van der Waals surface area contributed by atoms with E-state index in [1.807, 2.05) is 47.5 Å². The summed E-state index contributed by atoms with van der Waals surface area (Å²) < 4.78 is 3.72. The van der Waals surface area contributed by atoms with Crippen molar-refractivity contribution in [3.63, 3.8) is 0 Å². The van der Waals surface area contributed by atoms with Gasteiger partial charge in [0.2, 0.25) is 0 Å². The van der Waals surface area contributed by atoms with Gasteiger partial charge in [-0.15, -0.1) is 0 Å². The van der Waals surface area contributed by atoms with Crippen LogP contribution in [0.2, 0.25) is 0 Å². The van der Waals surface area contributed by atoms with Gasteiger partial charge in [-0.3, -0.25) is 20.2 Å². The Balaban J connectivity index is 1.55. The fourth-order valence-electron chi connectivity index (χ4n) is 3.88. The Morgan fingerprint density at radius 2 is 1.16 bits per heavy atom. The molecule has 0 fully saturated rings. The maximum Gasteiger partial charge on any atom is 0.271 e. The van der Waals surface area contributed by atoms with E-state index in [0.29, 0.717) is 28.2 Å². The lowest BCUT2D eigenvalue weighted by Gasteiger charge is -2.06. The second kappa shape index (κ2) is 6.98. The topological polar surface area (TPSA) is 122 Å². The van der Waals surface area contributed by atoms with Crippen LogP contribution in [0.15, 0.2) is 60.7 Å². The average molecular weight is 428 g/mol. The Morgan fingerprint density at radius 1 is 0.656 bits per heavy atom. The van der Waals surface area contributed by atoms with E-state index in [-0.39, 0.29) is 11.4 Å². The van der Waals surface area contributed by atoms with Gasteiger partial charge in [0.1, 0.15) is 11.6 Å². The second-order valence-electron chi connectivity index (χ2n) is 7.43. The molecule has 0 bridgehead atoms. The van der Waals surface area contributed by atoms with Gasteiger partial charge in [0.25, 0.3) is 11.4 Å². The van der Waals surface area contributed by atoms with Gasteiger partial charge in [-0.05, 0) is 12.1 Å². The summed E-state index contributed by atoms with van der Waals surface area (Å²) in [4.78, 5) is 30.5. The van der Waals surface area contributed by atoms with E-state index in [4.69, 9.17) is 0 Å². The average Bonchev–Trinajstić information content (AvgIpc) is 3.30. The zero-order chi connectivity index (χ0) is 22.6. The fraction of sp³-hybridized carbons (Fsp3) is 0.0909. The number of rotatable bonds is 4. The van der Waals surface area contributed by atoms with E-state index >= 15 is 0 Å². The molecule has 3 aromatic carbocycles. The minimum atomic E-state index is -0.436. The van der Waals surface area contributed by atoms with Gasteiger partial charge < -0.3 is 9.13 Å². The number of fused-ring (bicyclic) bond motifs is 2. The van der Waals surface area contributed by atoms with Crippen LogP contribution in [0.1, 0.15) is 0 Å². The standard InChI is InChI=1S/C22H16N6O4/c1-25-19-10-8-15(27(29)30)11-18(19)24-22(25)14-5-3-13(4-6-14)21-23-17-9-7-16(28(31)32)12-20(17)26(21)2/h3-12H,1-2H3. The van der Waals surface area contributed by atoms with E-state index in [1.165, 1.54) is 24.3 Å². The zero-order valence-electron chi connectivity index (χ0n) is 17.1. The minimum Gasteiger partial charge on any atom is -0.327 e. The van der Waals surface area contributed by atoms with Crippen LogP contribution in [0, 0.1) is 20.2 Å². The first-order valence-electron chi connectivity index (χ1n) is 9.66. The molecular weight excluding hydrogens is 412 g/mol. The number of non-ortho nitro benzene ring substituents is 2. The van der Waals surface area contributed by atoms with Crippen molar-refractivity contribution < 1.29 is 9.85 Å². The van der Waals surface area contributed by atoms with Crippen molar-refractivity contribution in [1.82, 2.24) is 19.1 Å². The summed E-state index contributed by atoms with van der Waals surface area (Å²) in [5.74, 6) is 1.38. The highest BCUT2D eigenvalue weighted by Crippen LogP contribution is 2.30.